The van der Waals surface area contributed by atoms with E-state index in [-0.39, 0.29) is 30.6 Å². The van der Waals surface area contributed by atoms with E-state index in [1.165, 1.54) is 22.5 Å². The van der Waals surface area contributed by atoms with Gasteiger partial charge in [0.25, 0.3) is 0 Å². The number of likely N-dealkylation sites (N-methyl/N-ethyl adjacent to an activating group) is 3. The molecule has 37 heavy (non-hydrogen) atoms. The Bertz CT molecular complexity index is 1140. The number of aryl methyl sites for hydroxylation is 3. The lowest BCUT2D eigenvalue weighted by molar-refractivity contribution is -0.135. The number of hydrogen-bond donors (Lipinski definition) is 0. The zero-order valence-electron chi connectivity index (χ0n) is 23.6. The summed E-state index contributed by atoms with van der Waals surface area (Å²) in [5.74, 6) is 0.466. The first-order chi connectivity index (χ1) is 17.4. The van der Waals surface area contributed by atoms with E-state index in [2.05, 4.69) is 44.0 Å². The van der Waals surface area contributed by atoms with Crippen LogP contribution in [0.5, 0.6) is 5.75 Å². The Kier molecular flexibility index (Phi) is 11.6. The molecule has 2 aromatic rings. The molecule has 0 heterocycles. The van der Waals surface area contributed by atoms with Crippen LogP contribution in [0.15, 0.2) is 35.2 Å². The molecule has 0 aliphatic heterocycles. The average Bonchev–Trinajstić information content (AvgIpc) is 2.85. The Morgan fingerprint density at radius 2 is 1.59 bits per heavy atom. The van der Waals surface area contributed by atoms with Gasteiger partial charge in [0.2, 0.25) is 15.9 Å². The van der Waals surface area contributed by atoms with Gasteiger partial charge in [-0.05, 0) is 80.7 Å². The van der Waals surface area contributed by atoms with Crippen molar-refractivity contribution in [2.75, 3.05) is 61.1 Å². The van der Waals surface area contributed by atoms with Crippen LogP contribution in [0.3, 0.4) is 0 Å². The maximum absolute atomic E-state index is 13.1. The minimum atomic E-state index is -3.70. The fourth-order valence-corrected chi connectivity index (χ4v) is 5.66. The lowest BCUT2D eigenvalue weighted by atomic mass is 10.0. The highest BCUT2D eigenvalue weighted by atomic mass is 32.2. The number of amides is 1. The van der Waals surface area contributed by atoms with Crippen molar-refractivity contribution in [3.8, 4) is 5.75 Å². The number of benzene rings is 2. The molecule has 8 nitrogen and oxygen atoms in total. The number of nitrogens with zero attached hydrogens (tertiary/aromatic N) is 3. The predicted molar refractivity (Wildman–Crippen MR) is 148 cm³/mol. The van der Waals surface area contributed by atoms with Gasteiger partial charge in [-0.25, -0.2) is 8.42 Å². The van der Waals surface area contributed by atoms with Crippen molar-refractivity contribution in [3.63, 3.8) is 0 Å². The number of sulfonamides is 1. The van der Waals surface area contributed by atoms with Gasteiger partial charge < -0.3 is 19.3 Å². The van der Waals surface area contributed by atoms with Gasteiger partial charge in [-0.2, -0.15) is 4.31 Å². The Morgan fingerprint density at radius 3 is 2.19 bits per heavy atom. The van der Waals surface area contributed by atoms with E-state index in [9.17, 15) is 13.2 Å². The van der Waals surface area contributed by atoms with Crippen molar-refractivity contribution in [2.45, 2.75) is 45.6 Å². The first-order valence-electron chi connectivity index (χ1n) is 12.6. The van der Waals surface area contributed by atoms with Crippen molar-refractivity contribution in [1.82, 2.24) is 14.1 Å². The molecule has 206 valence electrons. The van der Waals surface area contributed by atoms with Crippen LogP contribution in [0.2, 0.25) is 0 Å². The Balaban J connectivity index is 1.88. The molecular formula is C28H43N3O5S. The van der Waals surface area contributed by atoms with E-state index >= 15 is 0 Å². The third kappa shape index (κ3) is 8.53. The van der Waals surface area contributed by atoms with Crippen molar-refractivity contribution in [1.29, 1.82) is 0 Å². The molecule has 2 aromatic carbocycles. The molecule has 1 amide bonds. The van der Waals surface area contributed by atoms with Crippen LogP contribution >= 0.6 is 0 Å². The number of carbonyl (C=O) groups excluding carboxylic acids is 1. The van der Waals surface area contributed by atoms with Crippen LogP contribution in [-0.2, 0) is 32.5 Å². The smallest absolute Gasteiger partial charge is 0.248 e. The highest BCUT2D eigenvalue weighted by Crippen LogP contribution is 2.27. The van der Waals surface area contributed by atoms with Crippen molar-refractivity contribution >= 4 is 15.9 Å². The molecule has 0 fully saturated rings. The van der Waals surface area contributed by atoms with E-state index < -0.39 is 10.0 Å². The second kappa shape index (κ2) is 13.9. The van der Waals surface area contributed by atoms with Crippen molar-refractivity contribution in [2.24, 2.45) is 0 Å². The van der Waals surface area contributed by atoms with Crippen LogP contribution in [0.25, 0.3) is 0 Å². The molecule has 0 radical (unpaired) electrons. The highest BCUT2D eigenvalue weighted by molar-refractivity contribution is 7.89. The second-order valence-corrected chi connectivity index (χ2v) is 11.6. The molecule has 0 aromatic heterocycles. The van der Waals surface area contributed by atoms with Gasteiger partial charge >= 0.3 is 0 Å². The van der Waals surface area contributed by atoms with Crippen LogP contribution < -0.4 is 4.74 Å². The van der Waals surface area contributed by atoms with Gasteiger partial charge in [0.15, 0.2) is 0 Å². The van der Waals surface area contributed by atoms with E-state index in [0.29, 0.717) is 23.4 Å². The van der Waals surface area contributed by atoms with Crippen molar-refractivity contribution in [3.05, 3.63) is 58.1 Å². The summed E-state index contributed by atoms with van der Waals surface area (Å²) in [6.07, 6.45) is 0.969. The molecule has 0 bridgehead atoms. The summed E-state index contributed by atoms with van der Waals surface area (Å²) >= 11 is 0. The molecule has 0 N–H and O–H groups in total. The van der Waals surface area contributed by atoms with Crippen molar-refractivity contribution < 1.29 is 22.7 Å². The molecular weight excluding hydrogens is 490 g/mol. The van der Waals surface area contributed by atoms with Gasteiger partial charge in [-0.15, -0.1) is 0 Å². The third-order valence-corrected chi connectivity index (χ3v) is 8.84. The first-order valence-corrected chi connectivity index (χ1v) is 14.0. The number of rotatable bonds is 14. The monoisotopic (exact) mass is 533 g/mol. The maximum atomic E-state index is 13.1. The Hall–Kier alpha value is -2.46. The quantitative estimate of drug-likeness (QED) is 0.346. The summed E-state index contributed by atoms with van der Waals surface area (Å²) < 4.78 is 38.3. The number of methoxy groups -OCH3 is 1. The third-order valence-electron chi connectivity index (χ3n) is 6.68. The minimum absolute atomic E-state index is 0.106. The SMILES string of the molecule is CCN(C)CCc1cc(CN(C)C(=O)COCCN(C)S(=O)(=O)c2c(C)cc(OC)cc2C)ccc1C. The normalized spacial score (nSPS) is 11.8. The fourth-order valence-electron chi connectivity index (χ4n) is 4.10. The van der Waals surface area contributed by atoms with E-state index in [0.717, 1.165) is 25.1 Å². The largest absolute Gasteiger partial charge is 0.497 e. The minimum Gasteiger partial charge on any atom is -0.497 e. The molecule has 0 spiro atoms. The Labute approximate surface area is 223 Å². The lowest BCUT2D eigenvalue weighted by Crippen LogP contribution is -2.33. The summed E-state index contributed by atoms with van der Waals surface area (Å²) in [6, 6.07) is 9.75. The summed E-state index contributed by atoms with van der Waals surface area (Å²) in [5.41, 5.74) is 4.87. The zero-order chi connectivity index (χ0) is 27.8. The summed E-state index contributed by atoms with van der Waals surface area (Å²) in [4.78, 5) is 16.8. The zero-order valence-corrected chi connectivity index (χ0v) is 24.4. The predicted octanol–water partition coefficient (Wildman–Crippen LogP) is 3.41. The van der Waals surface area contributed by atoms with Crippen LogP contribution in [0, 0.1) is 20.8 Å². The summed E-state index contributed by atoms with van der Waals surface area (Å²) in [6.45, 7) is 10.4. The molecule has 2 rings (SSSR count). The van der Waals surface area contributed by atoms with Gasteiger partial charge in [-0.1, -0.05) is 25.1 Å². The Morgan fingerprint density at radius 1 is 0.946 bits per heavy atom. The summed E-state index contributed by atoms with van der Waals surface area (Å²) in [7, 11) is 3.23. The van der Waals surface area contributed by atoms with E-state index in [1.807, 2.05) is 0 Å². The second-order valence-electron chi connectivity index (χ2n) is 9.63. The standard InChI is InChI=1S/C28H43N3O5S/c1-9-29(5)13-12-25-18-24(11-10-21(25)2)19-30(6)27(32)20-36-15-14-31(7)37(33,34)28-22(3)16-26(35-8)17-23(28)4/h10-11,16-18H,9,12-15,19-20H2,1-8H3. The van der Waals surface area contributed by atoms with E-state index in [1.54, 1.807) is 45.0 Å². The van der Waals surface area contributed by atoms with Gasteiger partial charge in [0, 0.05) is 33.7 Å². The van der Waals surface area contributed by atoms with Crippen LogP contribution in [0.1, 0.15) is 34.7 Å². The fraction of sp³-hybridized carbons (Fsp3) is 0.536. The van der Waals surface area contributed by atoms with Crippen LogP contribution in [-0.4, -0.2) is 89.5 Å². The van der Waals surface area contributed by atoms with Gasteiger partial charge in [-0.3, -0.25) is 4.79 Å². The van der Waals surface area contributed by atoms with E-state index in [4.69, 9.17) is 9.47 Å². The molecule has 9 heteroatoms. The summed E-state index contributed by atoms with van der Waals surface area (Å²) in [5, 5.41) is 0. The van der Waals surface area contributed by atoms with Gasteiger partial charge in [0.1, 0.15) is 12.4 Å². The topological polar surface area (TPSA) is 79.4 Å². The molecule has 0 aliphatic rings. The number of hydrogen-bond acceptors (Lipinski definition) is 6. The molecule has 0 aliphatic carbocycles. The number of carbonyl (C=O) groups is 1. The maximum Gasteiger partial charge on any atom is 0.248 e. The molecule has 0 atom stereocenters. The molecule has 0 saturated heterocycles. The molecule has 0 saturated carbocycles. The highest BCUT2D eigenvalue weighted by Gasteiger charge is 2.25. The number of ether oxygens (including phenoxy) is 2. The first kappa shape index (κ1) is 30.8. The van der Waals surface area contributed by atoms with Crippen LogP contribution in [0.4, 0.5) is 0 Å². The van der Waals surface area contributed by atoms with Gasteiger partial charge in [0.05, 0.1) is 18.6 Å². The lowest BCUT2D eigenvalue weighted by Gasteiger charge is -2.21. The average molecular weight is 534 g/mol. The molecule has 0 unspecified atom stereocenters.